The Kier molecular flexibility index (Phi) is 16.2. The van der Waals surface area contributed by atoms with E-state index < -0.39 is 0 Å². The third kappa shape index (κ3) is 10.5. The van der Waals surface area contributed by atoms with Gasteiger partial charge in [-0.05, 0) is 31.8 Å². The van der Waals surface area contributed by atoms with Gasteiger partial charge in [-0.15, -0.1) is 6.20 Å². The van der Waals surface area contributed by atoms with Gasteiger partial charge in [0.2, 0.25) is 5.91 Å². The van der Waals surface area contributed by atoms with E-state index in [0.717, 1.165) is 23.6 Å². The summed E-state index contributed by atoms with van der Waals surface area (Å²) in [4.78, 5) is 29.4. The van der Waals surface area contributed by atoms with Crippen LogP contribution in [0.4, 0.5) is 5.82 Å². The maximum atomic E-state index is 12.4. The normalized spacial score (nSPS) is 15.6. The van der Waals surface area contributed by atoms with E-state index in [1.165, 1.54) is 6.33 Å². The Labute approximate surface area is 276 Å². The first-order chi connectivity index (χ1) is 17.7. The van der Waals surface area contributed by atoms with Crippen LogP contribution in [0.5, 0.6) is 0 Å². The Morgan fingerprint density at radius 2 is 2.13 bits per heavy atom. The first kappa shape index (κ1) is 34.4. The SMILES string of the molecule is Clc1c[c-]ccc1.[CH-]=C(C(=C)C(C)=N/C=C\CCC)c1[c-]ncnc1N1CCN(C(=O)C(C)C)CC1C.[K+]. The molecule has 198 valence electrons. The summed E-state index contributed by atoms with van der Waals surface area (Å²) >= 11 is 5.51. The maximum absolute atomic E-state index is 12.4. The predicted octanol–water partition coefficient (Wildman–Crippen LogP) is 3.26. The van der Waals surface area contributed by atoms with Crippen molar-refractivity contribution in [2.75, 3.05) is 24.5 Å². The zero-order chi connectivity index (χ0) is 27.4. The van der Waals surface area contributed by atoms with Crippen LogP contribution in [-0.2, 0) is 4.79 Å². The molecule has 0 N–H and O–H groups in total. The topological polar surface area (TPSA) is 61.7 Å². The zero-order valence-corrected chi connectivity index (χ0v) is 27.4. The van der Waals surface area contributed by atoms with Crippen LogP contribution < -0.4 is 56.3 Å². The quantitative estimate of drug-likeness (QED) is 0.216. The summed E-state index contributed by atoms with van der Waals surface area (Å²) in [5, 5.41) is 0.738. The molecule has 0 bridgehead atoms. The van der Waals surface area contributed by atoms with Crippen molar-refractivity contribution in [2.24, 2.45) is 10.9 Å². The number of amides is 1. The number of carbonyl (C=O) groups excluding carboxylic acids is 1. The van der Waals surface area contributed by atoms with Crippen LogP contribution in [0.2, 0.25) is 5.02 Å². The average molecular weight is 558 g/mol. The van der Waals surface area contributed by atoms with Crippen molar-refractivity contribution in [2.45, 2.75) is 53.5 Å². The number of halogens is 1. The molecule has 1 saturated heterocycles. The van der Waals surface area contributed by atoms with Crippen LogP contribution in [0.1, 0.15) is 53.0 Å². The molecule has 1 aliphatic heterocycles. The Balaban J connectivity index is 0.000000779. The number of hydrogen-bond donors (Lipinski definition) is 0. The van der Waals surface area contributed by atoms with Gasteiger partial charge in [-0.3, -0.25) is 21.9 Å². The minimum absolute atomic E-state index is 0. The number of aliphatic imine (C=N–C) groups is 1. The fourth-order valence-corrected chi connectivity index (χ4v) is 3.86. The molecule has 1 unspecified atom stereocenters. The molecule has 2 aromatic rings. The molecule has 0 aliphatic carbocycles. The van der Waals surface area contributed by atoms with E-state index in [1.807, 2.05) is 49.9 Å². The summed E-state index contributed by atoms with van der Waals surface area (Å²) < 4.78 is 0. The summed E-state index contributed by atoms with van der Waals surface area (Å²) in [6, 6.07) is 10.1. The van der Waals surface area contributed by atoms with Gasteiger partial charge in [0, 0.05) is 44.1 Å². The average Bonchev–Trinajstić information content (AvgIpc) is 2.90. The number of rotatable bonds is 8. The van der Waals surface area contributed by atoms with Crippen LogP contribution in [0, 0.1) is 24.8 Å². The molecule has 1 aromatic heterocycles. The molecule has 0 saturated carbocycles. The molecular formula is C30H37ClKN5O-2. The minimum Gasteiger partial charge on any atom is -0.400 e. The number of anilines is 1. The number of unbranched alkanes of at least 4 members (excludes halogenated alkanes) is 1. The molecule has 1 fully saturated rings. The maximum Gasteiger partial charge on any atom is 1.00 e. The fraction of sp³-hybridized carbons (Fsp3) is 0.400. The second-order valence-corrected chi connectivity index (χ2v) is 9.60. The summed E-state index contributed by atoms with van der Waals surface area (Å²) in [6.45, 7) is 22.5. The number of carbonyl (C=O) groups is 1. The molecular weight excluding hydrogens is 521 g/mol. The number of aromatic nitrogens is 2. The van der Waals surface area contributed by atoms with Gasteiger partial charge in [-0.1, -0.05) is 38.3 Å². The number of hydrogen-bond acceptors (Lipinski definition) is 5. The Hall–Kier alpha value is -1.61. The van der Waals surface area contributed by atoms with E-state index >= 15 is 0 Å². The molecule has 0 radical (unpaired) electrons. The third-order valence-corrected chi connectivity index (χ3v) is 6.11. The van der Waals surface area contributed by atoms with Gasteiger partial charge in [-0.25, -0.2) is 0 Å². The number of allylic oxidation sites excluding steroid dienone is 3. The van der Waals surface area contributed by atoms with Crippen molar-refractivity contribution >= 4 is 34.6 Å². The van der Waals surface area contributed by atoms with Gasteiger partial charge >= 0.3 is 51.4 Å². The van der Waals surface area contributed by atoms with Gasteiger partial charge in [-0.2, -0.15) is 59.6 Å². The van der Waals surface area contributed by atoms with Crippen molar-refractivity contribution in [1.82, 2.24) is 14.9 Å². The third-order valence-electron chi connectivity index (χ3n) is 5.87. The minimum atomic E-state index is -0.00682. The second kappa shape index (κ2) is 17.9. The Morgan fingerprint density at radius 3 is 2.68 bits per heavy atom. The molecule has 38 heavy (non-hydrogen) atoms. The van der Waals surface area contributed by atoms with Gasteiger partial charge < -0.3 is 19.8 Å². The molecule has 2 heterocycles. The molecule has 1 aromatic carbocycles. The Morgan fingerprint density at radius 1 is 1.39 bits per heavy atom. The van der Waals surface area contributed by atoms with Crippen molar-refractivity contribution in [1.29, 1.82) is 0 Å². The van der Waals surface area contributed by atoms with Crippen LogP contribution >= 0.6 is 11.6 Å². The van der Waals surface area contributed by atoms with E-state index in [2.05, 4.69) is 52.5 Å². The summed E-state index contributed by atoms with van der Waals surface area (Å²) in [6.07, 6.45) is 10.3. The first-order valence-corrected chi connectivity index (χ1v) is 13.0. The molecule has 6 nitrogen and oxygen atoms in total. The molecule has 3 rings (SSSR count). The summed E-state index contributed by atoms with van der Waals surface area (Å²) in [5.41, 5.74) is 2.45. The van der Waals surface area contributed by atoms with Gasteiger partial charge in [0.25, 0.3) is 0 Å². The van der Waals surface area contributed by atoms with Gasteiger partial charge in [0.15, 0.2) is 0 Å². The van der Waals surface area contributed by atoms with Crippen LogP contribution in [0.3, 0.4) is 0 Å². The van der Waals surface area contributed by atoms with E-state index in [1.54, 1.807) is 12.3 Å². The number of nitrogens with zero attached hydrogens (tertiary/aromatic N) is 5. The van der Waals surface area contributed by atoms with Crippen LogP contribution in [0.15, 0.2) is 60.0 Å². The number of benzene rings is 1. The van der Waals surface area contributed by atoms with Crippen LogP contribution in [-0.4, -0.2) is 52.2 Å². The van der Waals surface area contributed by atoms with Crippen molar-refractivity contribution in [3.05, 3.63) is 84.4 Å². The second-order valence-electron chi connectivity index (χ2n) is 9.17. The standard InChI is InChI=1S/C24H33N5O.C6H4Cl.K/c1-8-9-10-11-26-21(7)19(5)20(6)22-14-25-16-27-23(22)29-13-12-28(15-18(29)4)24(30)17(2)3;7-6-4-2-1-3-5-6;/h6,10-11,16-18H,5,8-9,12-13,15H2,1-4,7H3;1-2,4-5H;/q-2;-1;+1/b11-10-,26-21?;;. The first-order valence-electron chi connectivity index (χ1n) is 12.6. The smallest absolute Gasteiger partial charge is 0.400 e. The zero-order valence-electron chi connectivity index (χ0n) is 23.5. The van der Waals surface area contributed by atoms with Gasteiger partial charge in [0.05, 0.1) is 0 Å². The van der Waals surface area contributed by atoms with E-state index in [9.17, 15) is 4.79 Å². The van der Waals surface area contributed by atoms with E-state index in [-0.39, 0.29) is 69.3 Å². The van der Waals surface area contributed by atoms with Crippen molar-refractivity contribution < 1.29 is 56.2 Å². The van der Waals surface area contributed by atoms with E-state index in [4.69, 9.17) is 18.2 Å². The molecule has 0 spiro atoms. The Bertz CT molecular complexity index is 1120. The van der Waals surface area contributed by atoms with Gasteiger partial charge in [0.1, 0.15) is 0 Å². The molecule has 1 atom stereocenters. The fourth-order valence-electron chi connectivity index (χ4n) is 3.73. The van der Waals surface area contributed by atoms with Crippen molar-refractivity contribution in [3.63, 3.8) is 0 Å². The predicted molar refractivity (Wildman–Crippen MR) is 153 cm³/mol. The van der Waals surface area contributed by atoms with E-state index in [0.29, 0.717) is 42.2 Å². The molecule has 8 heteroatoms. The molecule has 1 aliphatic rings. The summed E-state index contributed by atoms with van der Waals surface area (Å²) in [7, 11) is 0. The molecule has 1 amide bonds. The summed E-state index contributed by atoms with van der Waals surface area (Å²) in [5.74, 6) is 0.883. The number of piperazine rings is 1. The monoisotopic (exact) mass is 557 g/mol. The van der Waals surface area contributed by atoms with Crippen LogP contribution in [0.25, 0.3) is 5.57 Å². The van der Waals surface area contributed by atoms with Crippen molar-refractivity contribution in [3.8, 4) is 0 Å². The largest absolute Gasteiger partial charge is 1.00 e.